The van der Waals surface area contributed by atoms with Gasteiger partial charge in [0.25, 0.3) is 5.91 Å². The van der Waals surface area contributed by atoms with E-state index in [2.05, 4.69) is 19.2 Å². The van der Waals surface area contributed by atoms with Crippen LogP contribution in [0.3, 0.4) is 0 Å². The molecule has 2 rings (SSSR count). The minimum absolute atomic E-state index is 0.0636. The number of nitrogens with one attached hydrogen (secondary N) is 1. The van der Waals surface area contributed by atoms with E-state index in [1.165, 1.54) is 0 Å². The molecule has 0 atom stereocenters. The van der Waals surface area contributed by atoms with Crippen LogP contribution in [-0.4, -0.2) is 19.6 Å². The Kier molecular flexibility index (Phi) is 5.63. The number of carbonyl (C=O) groups excluding carboxylic acids is 1. The minimum atomic E-state index is -0.194. The van der Waals surface area contributed by atoms with E-state index >= 15 is 0 Å². The number of rotatable bonds is 6. The number of hydrogen-bond acceptors (Lipinski definition) is 3. The maximum Gasteiger partial charge on any atom is 0.262 e. The van der Waals surface area contributed by atoms with Crippen molar-refractivity contribution in [2.75, 3.05) is 19.0 Å². The van der Waals surface area contributed by atoms with Crippen LogP contribution >= 0.6 is 0 Å². The molecule has 4 nitrogen and oxygen atoms in total. The fourth-order valence-corrected chi connectivity index (χ4v) is 2.34. The predicted octanol–water partition coefficient (Wildman–Crippen LogP) is 4.14. The number of amides is 1. The molecule has 0 aromatic heterocycles. The van der Waals surface area contributed by atoms with Gasteiger partial charge in [-0.15, -0.1) is 0 Å². The third-order valence-electron chi connectivity index (χ3n) is 3.53. The number of para-hydroxylation sites is 1. The van der Waals surface area contributed by atoms with E-state index in [0.717, 1.165) is 16.8 Å². The number of ether oxygens (including phenoxy) is 2. The molecular formula is C19H23NO3. The fourth-order valence-electron chi connectivity index (χ4n) is 2.34. The van der Waals surface area contributed by atoms with Gasteiger partial charge < -0.3 is 14.8 Å². The number of hydrogen-bond donors (Lipinski definition) is 1. The quantitative estimate of drug-likeness (QED) is 0.871. The van der Waals surface area contributed by atoms with Gasteiger partial charge in [-0.1, -0.05) is 38.1 Å². The zero-order valence-electron chi connectivity index (χ0n) is 14.1. The summed E-state index contributed by atoms with van der Waals surface area (Å²) in [5.41, 5.74) is 3.00. The molecule has 4 heteroatoms. The van der Waals surface area contributed by atoms with Gasteiger partial charge in [0, 0.05) is 5.69 Å². The highest BCUT2D eigenvalue weighted by Gasteiger charge is 2.11. The second-order valence-corrected chi connectivity index (χ2v) is 5.73. The van der Waals surface area contributed by atoms with E-state index in [4.69, 9.17) is 9.47 Å². The maximum absolute atomic E-state index is 12.2. The Labute approximate surface area is 137 Å². The lowest BCUT2D eigenvalue weighted by Gasteiger charge is -2.14. The molecule has 23 heavy (non-hydrogen) atoms. The molecule has 0 fully saturated rings. The van der Waals surface area contributed by atoms with Crippen molar-refractivity contribution in [1.29, 1.82) is 0 Å². The van der Waals surface area contributed by atoms with Crippen LogP contribution in [0.5, 0.6) is 11.5 Å². The maximum atomic E-state index is 12.2. The molecule has 0 saturated carbocycles. The first kappa shape index (κ1) is 16.9. The molecule has 0 unspecified atom stereocenters. The largest absolute Gasteiger partial charge is 0.493 e. The Morgan fingerprint density at radius 2 is 1.87 bits per heavy atom. The molecule has 1 N–H and O–H groups in total. The highest BCUT2D eigenvalue weighted by Crippen LogP contribution is 2.28. The predicted molar refractivity (Wildman–Crippen MR) is 92.4 cm³/mol. The van der Waals surface area contributed by atoms with Gasteiger partial charge in [-0.3, -0.25) is 4.79 Å². The van der Waals surface area contributed by atoms with E-state index in [0.29, 0.717) is 17.4 Å². The summed E-state index contributed by atoms with van der Waals surface area (Å²) in [7, 11) is 1.58. The summed E-state index contributed by atoms with van der Waals surface area (Å²) in [6.45, 7) is 6.10. The van der Waals surface area contributed by atoms with E-state index in [1.54, 1.807) is 7.11 Å². The zero-order valence-corrected chi connectivity index (χ0v) is 14.1. The summed E-state index contributed by atoms with van der Waals surface area (Å²) < 4.78 is 10.9. The minimum Gasteiger partial charge on any atom is -0.493 e. The Morgan fingerprint density at radius 1 is 1.13 bits per heavy atom. The Morgan fingerprint density at radius 3 is 2.57 bits per heavy atom. The first-order chi connectivity index (χ1) is 11.0. The second-order valence-electron chi connectivity index (χ2n) is 5.73. The molecule has 0 bridgehead atoms. The number of benzene rings is 2. The van der Waals surface area contributed by atoms with Gasteiger partial charge in [-0.05, 0) is 42.2 Å². The van der Waals surface area contributed by atoms with Crippen LogP contribution in [0.15, 0.2) is 42.5 Å². The van der Waals surface area contributed by atoms with Gasteiger partial charge in [0.2, 0.25) is 0 Å². The van der Waals surface area contributed by atoms with Crippen LogP contribution in [0.1, 0.15) is 30.9 Å². The highest BCUT2D eigenvalue weighted by molar-refractivity contribution is 5.92. The van der Waals surface area contributed by atoms with Crippen molar-refractivity contribution >= 4 is 11.6 Å². The smallest absolute Gasteiger partial charge is 0.262 e. The van der Waals surface area contributed by atoms with Crippen molar-refractivity contribution in [2.45, 2.75) is 26.7 Å². The monoisotopic (exact) mass is 313 g/mol. The Hall–Kier alpha value is -2.49. The molecule has 0 saturated heterocycles. The lowest BCUT2D eigenvalue weighted by molar-refractivity contribution is -0.118. The summed E-state index contributed by atoms with van der Waals surface area (Å²) in [4.78, 5) is 12.2. The van der Waals surface area contributed by atoms with E-state index < -0.39 is 0 Å². The zero-order chi connectivity index (χ0) is 16.8. The Balaban J connectivity index is 2.01. The van der Waals surface area contributed by atoms with Gasteiger partial charge in [0.05, 0.1) is 7.11 Å². The van der Waals surface area contributed by atoms with Gasteiger partial charge >= 0.3 is 0 Å². The second kappa shape index (κ2) is 7.68. The highest BCUT2D eigenvalue weighted by atomic mass is 16.5. The average molecular weight is 313 g/mol. The molecule has 122 valence electrons. The number of aryl methyl sites for hydroxylation is 1. The molecule has 0 aliphatic rings. The van der Waals surface area contributed by atoms with E-state index in [1.807, 2.05) is 49.4 Å². The molecular weight excluding hydrogens is 290 g/mol. The van der Waals surface area contributed by atoms with Crippen molar-refractivity contribution in [2.24, 2.45) is 0 Å². The van der Waals surface area contributed by atoms with Crippen LogP contribution in [0.4, 0.5) is 5.69 Å². The van der Waals surface area contributed by atoms with Gasteiger partial charge in [0.15, 0.2) is 18.1 Å². The van der Waals surface area contributed by atoms with Crippen LogP contribution in [0.2, 0.25) is 0 Å². The number of anilines is 1. The topological polar surface area (TPSA) is 47.6 Å². The van der Waals surface area contributed by atoms with Gasteiger partial charge in [-0.25, -0.2) is 0 Å². The molecule has 1 amide bonds. The van der Waals surface area contributed by atoms with Crippen LogP contribution in [0, 0.1) is 6.92 Å². The summed E-state index contributed by atoms with van der Waals surface area (Å²) in [5.74, 6) is 1.33. The molecule has 0 spiro atoms. The van der Waals surface area contributed by atoms with Gasteiger partial charge in [0.1, 0.15) is 0 Å². The third-order valence-corrected chi connectivity index (χ3v) is 3.53. The molecule has 0 aliphatic heterocycles. The van der Waals surface area contributed by atoms with Crippen LogP contribution in [0.25, 0.3) is 0 Å². The summed E-state index contributed by atoms with van der Waals surface area (Å²) >= 11 is 0. The van der Waals surface area contributed by atoms with Crippen molar-refractivity contribution in [3.05, 3.63) is 53.6 Å². The third kappa shape index (κ3) is 4.49. The molecule has 2 aromatic rings. The molecule has 0 radical (unpaired) electrons. The molecule has 0 heterocycles. The molecule has 2 aromatic carbocycles. The van der Waals surface area contributed by atoms with E-state index in [-0.39, 0.29) is 12.5 Å². The number of methoxy groups -OCH3 is 1. The summed E-state index contributed by atoms with van der Waals surface area (Å²) in [5, 5.41) is 2.91. The van der Waals surface area contributed by atoms with Crippen molar-refractivity contribution in [3.63, 3.8) is 0 Å². The molecule has 0 aliphatic carbocycles. The SMILES string of the molecule is COc1cc(C)ccc1OCC(=O)Nc1ccccc1C(C)C. The van der Waals surface area contributed by atoms with Crippen molar-refractivity contribution in [1.82, 2.24) is 0 Å². The first-order valence-corrected chi connectivity index (χ1v) is 7.67. The number of carbonyl (C=O) groups is 1. The van der Waals surface area contributed by atoms with Crippen LogP contribution in [-0.2, 0) is 4.79 Å². The van der Waals surface area contributed by atoms with Crippen LogP contribution < -0.4 is 14.8 Å². The summed E-state index contributed by atoms with van der Waals surface area (Å²) in [6, 6.07) is 13.4. The van der Waals surface area contributed by atoms with Crippen molar-refractivity contribution in [3.8, 4) is 11.5 Å². The lowest BCUT2D eigenvalue weighted by atomic mass is 10.0. The van der Waals surface area contributed by atoms with Gasteiger partial charge in [-0.2, -0.15) is 0 Å². The fraction of sp³-hybridized carbons (Fsp3) is 0.316. The first-order valence-electron chi connectivity index (χ1n) is 7.67. The Bertz CT molecular complexity index is 680. The average Bonchev–Trinajstić information content (AvgIpc) is 2.53. The normalized spacial score (nSPS) is 10.5. The van der Waals surface area contributed by atoms with E-state index in [9.17, 15) is 4.79 Å². The standard InChI is InChI=1S/C19H23NO3/c1-13(2)15-7-5-6-8-16(15)20-19(21)12-23-17-10-9-14(3)11-18(17)22-4/h5-11,13H,12H2,1-4H3,(H,20,21). The lowest BCUT2D eigenvalue weighted by Crippen LogP contribution is -2.21. The van der Waals surface area contributed by atoms with Crippen molar-refractivity contribution < 1.29 is 14.3 Å². The summed E-state index contributed by atoms with van der Waals surface area (Å²) in [6.07, 6.45) is 0.